The summed E-state index contributed by atoms with van der Waals surface area (Å²) in [5, 5.41) is 6.05. The van der Waals surface area contributed by atoms with E-state index in [2.05, 4.69) is 14.9 Å². The van der Waals surface area contributed by atoms with E-state index in [9.17, 15) is 13.6 Å². The largest absolute Gasteiger partial charge is 0.321 e. The van der Waals surface area contributed by atoms with Gasteiger partial charge in [0.15, 0.2) is 0 Å². The van der Waals surface area contributed by atoms with Crippen molar-refractivity contribution in [2.24, 2.45) is 0 Å². The lowest BCUT2D eigenvalue weighted by Gasteiger charge is -2.03. The van der Waals surface area contributed by atoms with Gasteiger partial charge < -0.3 is 5.32 Å². The number of anilines is 1. The van der Waals surface area contributed by atoms with Gasteiger partial charge in [-0.05, 0) is 30.6 Å². The molecule has 0 aliphatic heterocycles. The van der Waals surface area contributed by atoms with E-state index in [4.69, 9.17) is 0 Å². The molecule has 0 unspecified atom stereocenters. The molecule has 1 heterocycles. The normalized spacial score (nSPS) is 10.3. The molecule has 2 rings (SSSR count). The second kappa shape index (κ2) is 4.54. The number of nitrogens with one attached hydrogen (secondary N) is 1. The van der Waals surface area contributed by atoms with Crippen LogP contribution in [0.15, 0.2) is 18.2 Å². The lowest BCUT2D eigenvalue weighted by atomic mass is 10.3. The maximum absolute atomic E-state index is 12.9. The number of benzene rings is 1. The van der Waals surface area contributed by atoms with Gasteiger partial charge in [0.25, 0.3) is 5.91 Å². The summed E-state index contributed by atoms with van der Waals surface area (Å²) in [5.41, 5.74) is 0.532. The van der Waals surface area contributed by atoms with Gasteiger partial charge in [-0.15, -0.1) is 5.10 Å². The molecule has 17 heavy (non-hydrogen) atoms. The molecule has 1 aromatic heterocycles. The molecule has 0 saturated heterocycles. The molecule has 0 bridgehead atoms. The van der Waals surface area contributed by atoms with Crippen LogP contribution in [0.5, 0.6) is 0 Å². The molecule has 0 atom stereocenters. The molecular weight excluding hydrogens is 248 g/mol. The predicted molar refractivity (Wildman–Crippen MR) is 59.0 cm³/mol. The van der Waals surface area contributed by atoms with Crippen LogP contribution in [-0.2, 0) is 0 Å². The van der Waals surface area contributed by atoms with Gasteiger partial charge in [0.1, 0.15) is 16.5 Å². The Morgan fingerprint density at radius 3 is 2.47 bits per heavy atom. The van der Waals surface area contributed by atoms with Gasteiger partial charge in [0.2, 0.25) is 0 Å². The number of carbonyl (C=O) groups is 1. The van der Waals surface area contributed by atoms with Crippen molar-refractivity contribution in [3.63, 3.8) is 0 Å². The fourth-order valence-corrected chi connectivity index (χ4v) is 1.81. The van der Waals surface area contributed by atoms with Crippen molar-refractivity contribution in [3.05, 3.63) is 40.4 Å². The summed E-state index contributed by atoms with van der Waals surface area (Å²) in [5.74, 6) is -1.98. The molecule has 0 radical (unpaired) electrons. The molecule has 0 saturated carbocycles. The van der Waals surface area contributed by atoms with E-state index in [-0.39, 0.29) is 5.69 Å². The van der Waals surface area contributed by atoms with Crippen molar-refractivity contribution in [1.29, 1.82) is 0 Å². The van der Waals surface area contributed by atoms with Gasteiger partial charge in [-0.2, -0.15) is 0 Å². The number of halogens is 2. The first-order valence-electron chi connectivity index (χ1n) is 4.62. The zero-order valence-corrected chi connectivity index (χ0v) is 9.52. The molecule has 0 fully saturated rings. The van der Waals surface area contributed by atoms with Gasteiger partial charge in [0.05, 0.1) is 5.69 Å². The van der Waals surface area contributed by atoms with E-state index >= 15 is 0 Å². The van der Waals surface area contributed by atoms with E-state index in [0.29, 0.717) is 10.6 Å². The van der Waals surface area contributed by atoms with Gasteiger partial charge in [0, 0.05) is 11.8 Å². The van der Waals surface area contributed by atoms with Crippen LogP contribution in [0.25, 0.3) is 0 Å². The molecule has 0 spiro atoms. The number of hydrogen-bond donors (Lipinski definition) is 1. The minimum atomic E-state index is -0.751. The fraction of sp³-hybridized carbons (Fsp3) is 0.100. The van der Waals surface area contributed by atoms with Crippen molar-refractivity contribution in [2.45, 2.75) is 6.92 Å². The van der Waals surface area contributed by atoms with E-state index in [0.717, 1.165) is 29.7 Å². The predicted octanol–water partition coefficient (Wildman–Crippen LogP) is 2.38. The van der Waals surface area contributed by atoms with Crippen LogP contribution in [0.4, 0.5) is 14.5 Å². The zero-order valence-electron chi connectivity index (χ0n) is 8.70. The van der Waals surface area contributed by atoms with Crippen LogP contribution in [0.3, 0.4) is 0 Å². The number of carbonyl (C=O) groups excluding carboxylic acids is 1. The molecule has 2 aromatic rings. The number of amides is 1. The topological polar surface area (TPSA) is 54.9 Å². The summed E-state index contributed by atoms with van der Waals surface area (Å²) in [7, 11) is 0. The highest BCUT2D eigenvalue weighted by Gasteiger charge is 2.13. The number of aryl methyl sites for hydroxylation is 1. The smallest absolute Gasteiger partial charge is 0.269 e. The zero-order chi connectivity index (χ0) is 12.4. The highest BCUT2D eigenvalue weighted by Crippen LogP contribution is 2.16. The third-order valence-electron chi connectivity index (χ3n) is 1.98. The Bertz CT molecular complexity index is 550. The highest BCUT2D eigenvalue weighted by atomic mass is 32.1. The van der Waals surface area contributed by atoms with E-state index in [1.165, 1.54) is 0 Å². The third kappa shape index (κ3) is 2.62. The minimum absolute atomic E-state index is 0.0558. The second-order valence-electron chi connectivity index (χ2n) is 3.30. The van der Waals surface area contributed by atoms with Gasteiger partial charge in [-0.25, -0.2) is 8.78 Å². The monoisotopic (exact) mass is 255 g/mol. The highest BCUT2D eigenvalue weighted by molar-refractivity contribution is 7.08. The summed E-state index contributed by atoms with van der Waals surface area (Å²) >= 11 is 0.925. The summed E-state index contributed by atoms with van der Waals surface area (Å²) in [6, 6.07) is 2.80. The van der Waals surface area contributed by atoms with Crippen molar-refractivity contribution >= 4 is 23.1 Å². The van der Waals surface area contributed by atoms with E-state index in [1.54, 1.807) is 6.92 Å². The summed E-state index contributed by atoms with van der Waals surface area (Å²) in [6.07, 6.45) is 0. The SMILES string of the molecule is Cc1nnsc1C(=O)Nc1cc(F)cc(F)c1. The first kappa shape index (κ1) is 11.6. The molecular formula is C10H7F2N3OS. The maximum atomic E-state index is 12.9. The van der Waals surface area contributed by atoms with Crippen LogP contribution >= 0.6 is 11.5 Å². The fourth-order valence-electron chi connectivity index (χ4n) is 1.25. The van der Waals surface area contributed by atoms with Crippen LogP contribution in [0.2, 0.25) is 0 Å². The molecule has 1 amide bonds. The Balaban J connectivity index is 2.21. The van der Waals surface area contributed by atoms with Crippen LogP contribution in [0, 0.1) is 18.6 Å². The van der Waals surface area contributed by atoms with Crippen LogP contribution < -0.4 is 5.32 Å². The molecule has 7 heteroatoms. The Morgan fingerprint density at radius 2 is 1.94 bits per heavy atom. The number of rotatable bonds is 2. The molecule has 4 nitrogen and oxygen atoms in total. The van der Waals surface area contributed by atoms with Crippen molar-refractivity contribution < 1.29 is 13.6 Å². The first-order valence-corrected chi connectivity index (χ1v) is 5.40. The third-order valence-corrected chi connectivity index (χ3v) is 2.80. The first-order chi connectivity index (χ1) is 8.06. The second-order valence-corrected chi connectivity index (χ2v) is 4.05. The van der Waals surface area contributed by atoms with E-state index < -0.39 is 17.5 Å². The number of hydrogen-bond acceptors (Lipinski definition) is 4. The number of nitrogens with zero attached hydrogens (tertiary/aromatic N) is 2. The lowest BCUT2D eigenvalue weighted by molar-refractivity contribution is 0.103. The van der Waals surface area contributed by atoms with Crippen LogP contribution in [0.1, 0.15) is 15.4 Å². The van der Waals surface area contributed by atoms with Crippen molar-refractivity contribution in [3.8, 4) is 0 Å². The lowest BCUT2D eigenvalue weighted by Crippen LogP contribution is -2.11. The molecule has 1 N–H and O–H groups in total. The van der Waals surface area contributed by atoms with Gasteiger partial charge in [-0.3, -0.25) is 4.79 Å². The quantitative estimate of drug-likeness (QED) is 0.896. The standard InChI is InChI=1S/C10H7F2N3OS/c1-5-9(17-15-14-5)10(16)13-8-3-6(11)2-7(12)4-8/h2-4H,1H3,(H,13,16). The van der Waals surface area contributed by atoms with Crippen molar-refractivity contribution in [2.75, 3.05) is 5.32 Å². The summed E-state index contributed by atoms with van der Waals surface area (Å²) in [4.78, 5) is 12.0. The van der Waals surface area contributed by atoms with Gasteiger partial charge >= 0.3 is 0 Å². The molecule has 0 aliphatic carbocycles. The van der Waals surface area contributed by atoms with Gasteiger partial charge in [-0.1, -0.05) is 4.49 Å². The Labute approximate surface area is 99.5 Å². The summed E-state index contributed by atoms with van der Waals surface area (Å²) in [6.45, 7) is 1.63. The number of aromatic nitrogens is 2. The molecule has 88 valence electrons. The van der Waals surface area contributed by atoms with Crippen molar-refractivity contribution in [1.82, 2.24) is 9.59 Å². The average molecular weight is 255 g/mol. The molecule has 1 aromatic carbocycles. The minimum Gasteiger partial charge on any atom is -0.321 e. The maximum Gasteiger partial charge on any atom is 0.269 e. The Hall–Kier alpha value is -1.89. The summed E-state index contributed by atoms with van der Waals surface area (Å²) < 4.78 is 29.4. The molecule has 0 aliphatic rings. The Morgan fingerprint density at radius 1 is 1.29 bits per heavy atom. The average Bonchev–Trinajstić information content (AvgIpc) is 2.62. The van der Waals surface area contributed by atoms with Crippen LogP contribution in [-0.4, -0.2) is 15.5 Å². The van der Waals surface area contributed by atoms with E-state index in [1.807, 2.05) is 0 Å². The Kier molecular flexibility index (Phi) is 3.10.